The molecule has 0 spiro atoms. The molecule has 2 aromatic carbocycles. The summed E-state index contributed by atoms with van der Waals surface area (Å²) in [6.07, 6.45) is 0. The lowest BCUT2D eigenvalue weighted by atomic mass is 10.1. The first-order valence-corrected chi connectivity index (χ1v) is 6.97. The molecule has 3 nitrogen and oxygen atoms in total. The number of carbonyl (C=O) groups is 1. The molecular formula is C16H16ClFN2O. The van der Waals surface area contributed by atoms with E-state index in [0.29, 0.717) is 16.3 Å². The van der Waals surface area contributed by atoms with Crippen molar-refractivity contribution in [3.8, 4) is 0 Å². The molecule has 1 amide bonds. The van der Waals surface area contributed by atoms with E-state index < -0.39 is 0 Å². The quantitative estimate of drug-likeness (QED) is 0.883. The van der Waals surface area contributed by atoms with E-state index in [4.69, 9.17) is 11.6 Å². The topological polar surface area (TPSA) is 41.1 Å². The van der Waals surface area contributed by atoms with Crippen molar-refractivity contribution in [3.63, 3.8) is 0 Å². The highest BCUT2D eigenvalue weighted by atomic mass is 35.5. The molecule has 0 fully saturated rings. The van der Waals surface area contributed by atoms with Gasteiger partial charge in [-0.3, -0.25) is 4.79 Å². The number of anilines is 1. The molecule has 0 bridgehead atoms. The molecule has 1 atom stereocenters. The fourth-order valence-corrected chi connectivity index (χ4v) is 2.14. The van der Waals surface area contributed by atoms with Gasteiger partial charge in [0.2, 0.25) is 5.91 Å². The van der Waals surface area contributed by atoms with E-state index in [-0.39, 0.29) is 24.3 Å². The van der Waals surface area contributed by atoms with Crippen LogP contribution in [0.5, 0.6) is 0 Å². The molecule has 0 aliphatic heterocycles. The molecule has 21 heavy (non-hydrogen) atoms. The third-order valence-corrected chi connectivity index (χ3v) is 3.28. The van der Waals surface area contributed by atoms with Crippen LogP contribution in [-0.4, -0.2) is 12.5 Å². The van der Waals surface area contributed by atoms with Crippen LogP contribution < -0.4 is 10.6 Å². The highest BCUT2D eigenvalue weighted by Crippen LogP contribution is 2.16. The van der Waals surface area contributed by atoms with Crippen LogP contribution in [0.4, 0.5) is 10.1 Å². The molecule has 2 aromatic rings. The average molecular weight is 307 g/mol. The van der Waals surface area contributed by atoms with Gasteiger partial charge in [-0.1, -0.05) is 35.9 Å². The molecule has 2 N–H and O–H groups in total. The second kappa shape index (κ2) is 7.20. The first-order valence-electron chi connectivity index (χ1n) is 6.59. The largest absolute Gasteiger partial charge is 0.325 e. The predicted molar refractivity (Wildman–Crippen MR) is 82.9 cm³/mol. The molecule has 5 heteroatoms. The van der Waals surface area contributed by atoms with Gasteiger partial charge in [0.1, 0.15) is 5.82 Å². The molecule has 2 rings (SSSR count). The summed E-state index contributed by atoms with van der Waals surface area (Å²) in [5, 5.41) is 6.27. The fraction of sp³-hybridized carbons (Fsp3) is 0.188. The van der Waals surface area contributed by atoms with Gasteiger partial charge >= 0.3 is 0 Å². The number of halogens is 2. The Labute approximate surface area is 128 Å². The van der Waals surface area contributed by atoms with E-state index in [9.17, 15) is 9.18 Å². The van der Waals surface area contributed by atoms with Crippen molar-refractivity contribution in [1.82, 2.24) is 5.32 Å². The summed E-state index contributed by atoms with van der Waals surface area (Å²) in [5.41, 5.74) is 1.17. The van der Waals surface area contributed by atoms with Crippen LogP contribution in [0.15, 0.2) is 48.5 Å². The summed E-state index contributed by atoms with van der Waals surface area (Å²) < 4.78 is 13.6. The Balaban J connectivity index is 1.88. The summed E-state index contributed by atoms with van der Waals surface area (Å²) in [7, 11) is 0. The predicted octanol–water partition coefficient (Wildman–Crippen LogP) is 3.77. The minimum atomic E-state index is -0.284. The summed E-state index contributed by atoms with van der Waals surface area (Å²) in [6, 6.07) is 13.2. The van der Waals surface area contributed by atoms with Crippen molar-refractivity contribution in [2.45, 2.75) is 13.0 Å². The third-order valence-electron chi connectivity index (χ3n) is 3.05. The molecular weight excluding hydrogens is 291 g/mol. The van der Waals surface area contributed by atoms with Gasteiger partial charge in [-0.15, -0.1) is 0 Å². The van der Waals surface area contributed by atoms with Crippen LogP contribution in [0.2, 0.25) is 5.02 Å². The Morgan fingerprint density at radius 2 is 2.00 bits per heavy atom. The molecule has 110 valence electrons. The summed E-state index contributed by atoms with van der Waals surface area (Å²) in [6.45, 7) is 1.90. The minimum Gasteiger partial charge on any atom is -0.325 e. The Bertz CT molecular complexity index is 633. The molecule has 0 saturated heterocycles. The highest BCUT2D eigenvalue weighted by molar-refractivity contribution is 6.30. The normalized spacial score (nSPS) is 12.0. The maximum Gasteiger partial charge on any atom is 0.238 e. The van der Waals surface area contributed by atoms with E-state index in [0.717, 1.165) is 0 Å². The lowest BCUT2D eigenvalue weighted by molar-refractivity contribution is -0.115. The van der Waals surface area contributed by atoms with Crippen LogP contribution in [0.1, 0.15) is 18.5 Å². The van der Waals surface area contributed by atoms with Crippen LogP contribution in [0, 0.1) is 5.82 Å². The molecule has 0 saturated carbocycles. The highest BCUT2D eigenvalue weighted by Gasteiger charge is 2.11. The Morgan fingerprint density at radius 3 is 2.71 bits per heavy atom. The van der Waals surface area contributed by atoms with Crippen molar-refractivity contribution >= 4 is 23.2 Å². The van der Waals surface area contributed by atoms with Crippen molar-refractivity contribution in [2.75, 3.05) is 11.9 Å². The van der Waals surface area contributed by atoms with E-state index >= 15 is 0 Å². The standard InChI is InChI=1S/C16H16ClFN2O/c1-11(14-7-2-3-8-15(14)18)19-10-16(21)20-13-6-4-5-12(17)9-13/h2-9,11,19H,10H2,1H3,(H,20,21). The van der Waals surface area contributed by atoms with Gasteiger partial charge in [-0.05, 0) is 31.2 Å². The molecule has 0 heterocycles. The molecule has 0 aliphatic rings. The monoisotopic (exact) mass is 306 g/mol. The van der Waals surface area contributed by atoms with Gasteiger partial charge in [0, 0.05) is 22.3 Å². The van der Waals surface area contributed by atoms with Crippen LogP contribution >= 0.6 is 11.6 Å². The number of nitrogens with one attached hydrogen (secondary N) is 2. The van der Waals surface area contributed by atoms with E-state index in [1.54, 1.807) is 42.5 Å². The summed E-state index contributed by atoms with van der Waals surface area (Å²) in [4.78, 5) is 11.8. The van der Waals surface area contributed by atoms with Gasteiger partial charge in [-0.25, -0.2) is 4.39 Å². The second-order valence-electron chi connectivity index (χ2n) is 4.68. The van der Waals surface area contributed by atoms with Gasteiger partial charge in [0.15, 0.2) is 0 Å². The minimum absolute atomic E-state index is 0.0853. The number of amides is 1. The zero-order chi connectivity index (χ0) is 15.2. The van der Waals surface area contributed by atoms with Crippen LogP contribution in [0.25, 0.3) is 0 Å². The number of carbonyl (C=O) groups excluding carboxylic acids is 1. The molecule has 0 radical (unpaired) electrons. The van der Waals surface area contributed by atoms with Crippen molar-refractivity contribution in [3.05, 3.63) is 64.9 Å². The smallest absolute Gasteiger partial charge is 0.238 e. The Hall–Kier alpha value is -1.91. The first-order chi connectivity index (χ1) is 10.1. The lowest BCUT2D eigenvalue weighted by Crippen LogP contribution is -2.30. The summed E-state index contributed by atoms with van der Waals surface area (Å²) >= 11 is 5.84. The average Bonchev–Trinajstić information content (AvgIpc) is 2.45. The SMILES string of the molecule is CC(NCC(=O)Nc1cccc(Cl)c1)c1ccccc1F. The molecule has 0 aliphatic carbocycles. The van der Waals surface area contributed by atoms with E-state index in [2.05, 4.69) is 10.6 Å². The maximum absolute atomic E-state index is 13.6. The van der Waals surface area contributed by atoms with Gasteiger partial charge in [-0.2, -0.15) is 0 Å². The van der Waals surface area contributed by atoms with Gasteiger partial charge in [0.25, 0.3) is 0 Å². The molecule has 1 unspecified atom stereocenters. The van der Waals surface area contributed by atoms with Gasteiger partial charge < -0.3 is 10.6 Å². The third kappa shape index (κ3) is 4.55. The zero-order valence-electron chi connectivity index (χ0n) is 11.6. The second-order valence-corrected chi connectivity index (χ2v) is 5.12. The number of hydrogen-bond donors (Lipinski definition) is 2. The zero-order valence-corrected chi connectivity index (χ0v) is 12.3. The number of hydrogen-bond acceptors (Lipinski definition) is 2. The van der Waals surface area contributed by atoms with Crippen molar-refractivity contribution < 1.29 is 9.18 Å². The van der Waals surface area contributed by atoms with Crippen LogP contribution in [-0.2, 0) is 4.79 Å². The lowest BCUT2D eigenvalue weighted by Gasteiger charge is -2.15. The van der Waals surface area contributed by atoms with Crippen molar-refractivity contribution in [2.24, 2.45) is 0 Å². The first kappa shape index (κ1) is 15.5. The van der Waals surface area contributed by atoms with Gasteiger partial charge in [0.05, 0.1) is 6.54 Å². The Morgan fingerprint density at radius 1 is 1.24 bits per heavy atom. The number of benzene rings is 2. The Kier molecular flexibility index (Phi) is 5.31. The van der Waals surface area contributed by atoms with Crippen molar-refractivity contribution in [1.29, 1.82) is 0 Å². The fourth-order valence-electron chi connectivity index (χ4n) is 1.95. The van der Waals surface area contributed by atoms with Crippen LogP contribution in [0.3, 0.4) is 0 Å². The summed E-state index contributed by atoms with van der Waals surface area (Å²) in [5.74, 6) is -0.492. The van der Waals surface area contributed by atoms with E-state index in [1.165, 1.54) is 6.07 Å². The maximum atomic E-state index is 13.6. The number of rotatable bonds is 5. The van der Waals surface area contributed by atoms with E-state index in [1.807, 2.05) is 6.92 Å². The molecule has 0 aromatic heterocycles.